The maximum atomic E-state index is 11.1. The van der Waals surface area contributed by atoms with Gasteiger partial charge >= 0.3 is 4.87 Å². The molecule has 0 unspecified atom stereocenters. The molecule has 0 amide bonds. The molecule has 0 atom stereocenters. The van der Waals surface area contributed by atoms with E-state index >= 15 is 0 Å². The summed E-state index contributed by atoms with van der Waals surface area (Å²) in [4.78, 5) is 30.4. The van der Waals surface area contributed by atoms with Crippen molar-refractivity contribution < 1.29 is 9.59 Å². The summed E-state index contributed by atoms with van der Waals surface area (Å²) in [7, 11) is 1.79. The molecule has 0 fully saturated rings. The number of fused-ring (bicyclic) bond motifs is 1. The summed E-state index contributed by atoms with van der Waals surface area (Å²) in [6.07, 6.45) is 3.37. The molecule has 0 saturated carbocycles. The fourth-order valence-corrected chi connectivity index (χ4v) is 2.25. The molecule has 1 aromatic heterocycles. The van der Waals surface area contributed by atoms with Crippen molar-refractivity contribution in [3.63, 3.8) is 0 Å². The van der Waals surface area contributed by atoms with Gasteiger partial charge in [0.2, 0.25) is 0 Å². The van der Waals surface area contributed by atoms with Crippen LogP contribution in [0, 0.1) is 0 Å². The minimum atomic E-state index is 0.103. The standard InChI is InChI=1S/C8H7NOS.C5H8O2/c1-9-6-4-2-3-5-7(6)11-8(9)10;6-4-2-1-3-5-7/h2-5H,1H3;4-5H,1-3H2. The Kier molecular flexibility index (Phi) is 6.00. The van der Waals surface area contributed by atoms with Crippen molar-refractivity contribution >= 4 is 34.1 Å². The lowest BCUT2D eigenvalue weighted by atomic mass is 10.3. The van der Waals surface area contributed by atoms with Crippen LogP contribution in [0.5, 0.6) is 0 Å². The van der Waals surface area contributed by atoms with Gasteiger partial charge in [0.15, 0.2) is 0 Å². The van der Waals surface area contributed by atoms with Gasteiger partial charge in [0.25, 0.3) is 0 Å². The summed E-state index contributed by atoms with van der Waals surface area (Å²) >= 11 is 1.29. The molecule has 0 aliphatic carbocycles. The first-order valence-electron chi connectivity index (χ1n) is 5.62. The van der Waals surface area contributed by atoms with E-state index < -0.39 is 0 Å². The lowest BCUT2D eigenvalue weighted by molar-refractivity contribution is -0.108. The predicted octanol–water partition coefficient (Wildman–Crippen LogP) is 2.15. The number of para-hydroxylation sites is 1. The van der Waals surface area contributed by atoms with Crippen molar-refractivity contribution in [1.29, 1.82) is 0 Å². The minimum Gasteiger partial charge on any atom is -0.303 e. The number of aromatic nitrogens is 1. The van der Waals surface area contributed by atoms with Crippen LogP contribution in [0.25, 0.3) is 10.2 Å². The molecular formula is C13H15NO3S. The number of nitrogens with zero attached hydrogens (tertiary/aromatic N) is 1. The van der Waals surface area contributed by atoms with Crippen molar-refractivity contribution in [2.24, 2.45) is 7.05 Å². The number of hydrogen-bond donors (Lipinski definition) is 0. The van der Waals surface area contributed by atoms with Crippen LogP contribution in [0.15, 0.2) is 29.1 Å². The normalized spacial score (nSPS) is 9.61. The smallest absolute Gasteiger partial charge is 0.303 e. The van der Waals surface area contributed by atoms with Crippen LogP contribution in [0.2, 0.25) is 0 Å². The third kappa shape index (κ3) is 3.92. The zero-order valence-corrected chi connectivity index (χ0v) is 11.0. The second-order valence-electron chi connectivity index (χ2n) is 3.66. The summed E-state index contributed by atoms with van der Waals surface area (Å²) in [6, 6.07) is 7.79. The molecule has 2 rings (SSSR count). The van der Waals surface area contributed by atoms with Crippen molar-refractivity contribution in [2.45, 2.75) is 19.3 Å². The van der Waals surface area contributed by atoms with E-state index in [4.69, 9.17) is 0 Å². The molecule has 1 heterocycles. The van der Waals surface area contributed by atoms with Gasteiger partial charge < -0.3 is 14.2 Å². The Morgan fingerprint density at radius 2 is 1.78 bits per heavy atom. The Bertz CT molecular complexity index is 563. The molecule has 0 spiro atoms. The Hall–Kier alpha value is -1.75. The molecule has 0 aliphatic heterocycles. The molecule has 0 saturated heterocycles. The van der Waals surface area contributed by atoms with Gasteiger partial charge in [-0.2, -0.15) is 0 Å². The van der Waals surface area contributed by atoms with Crippen LogP contribution in [-0.4, -0.2) is 17.1 Å². The molecule has 0 N–H and O–H groups in total. The summed E-state index contributed by atoms with van der Waals surface area (Å²) in [5.74, 6) is 0. The van der Waals surface area contributed by atoms with E-state index in [1.54, 1.807) is 11.6 Å². The van der Waals surface area contributed by atoms with Gasteiger partial charge in [-0.3, -0.25) is 4.79 Å². The van der Waals surface area contributed by atoms with E-state index in [1.807, 2.05) is 24.3 Å². The highest BCUT2D eigenvalue weighted by Crippen LogP contribution is 2.14. The summed E-state index contributed by atoms with van der Waals surface area (Å²) in [6.45, 7) is 0. The first-order valence-corrected chi connectivity index (χ1v) is 6.44. The lowest BCUT2D eigenvalue weighted by Crippen LogP contribution is -2.06. The molecule has 2 aromatic rings. The number of benzene rings is 1. The Balaban J connectivity index is 0.000000203. The van der Waals surface area contributed by atoms with Crippen molar-refractivity contribution in [2.75, 3.05) is 0 Å². The molecule has 0 aliphatic rings. The first kappa shape index (κ1) is 14.3. The minimum absolute atomic E-state index is 0.103. The number of carbonyl (C=O) groups is 2. The summed E-state index contributed by atoms with van der Waals surface area (Å²) < 4.78 is 2.72. The maximum Gasteiger partial charge on any atom is 0.307 e. The largest absolute Gasteiger partial charge is 0.307 e. The molecule has 4 nitrogen and oxygen atoms in total. The average molecular weight is 265 g/mol. The fourth-order valence-electron chi connectivity index (χ4n) is 1.37. The number of aryl methyl sites for hydroxylation is 1. The van der Waals surface area contributed by atoms with E-state index in [-0.39, 0.29) is 4.87 Å². The second-order valence-corrected chi connectivity index (χ2v) is 4.65. The van der Waals surface area contributed by atoms with Gasteiger partial charge in [-0.25, -0.2) is 0 Å². The van der Waals surface area contributed by atoms with Crippen LogP contribution in [0.1, 0.15) is 19.3 Å². The number of unbranched alkanes of at least 4 members (excludes halogenated alkanes) is 2. The number of hydrogen-bond acceptors (Lipinski definition) is 4. The summed E-state index contributed by atoms with van der Waals surface area (Å²) in [5, 5.41) is 0. The second kappa shape index (κ2) is 7.55. The highest BCUT2D eigenvalue weighted by molar-refractivity contribution is 7.16. The topological polar surface area (TPSA) is 56.1 Å². The number of aldehydes is 2. The molecule has 96 valence electrons. The highest BCUT2D eigenvalue weighted by atomic mass is 32.1. The predicted molar refractivity (Wildman–Crippen MR) is 73.0 cm³/mol. The molecular weight excluding hydrogens is 250 g/mol. The molecule has 0 radical (unpaired) electrons. The number of rotatable bonds is 4. The van der Waals surface area contributed by atoms with Crippen LogP contribution < -0.4 is 4.87 Å². The summed E-state index contributed by atoms with van der Waals surface area (Å²) in [5.41, 5.74) is 1.02. The van der Waals surface area contributed by atoms with E-state index in [9.17, 15) is 14.4 Å². The number of carbonyl (C=O) groups excluding carboxylic acids is 2. The van der Waals surface area contributed by atoms with Crippen LogP contribution in [-0.2, 0) is 16.6 Å². The molecule has 1 aromatic carbocycles. The van der Waals surface area contributed by atoms with Crippen molar-refractivity contribution in [3.05, 3.63) is 33.9 Å². The maximum absolute atomic E-state index is 11.1. The monoisotopic (exact) mass is 265 g/mol. The SMILES string of the molecule is Cn1c(=O)sc2ccccc21.O=CCCCC=O. The average Bonchev–Trinajstić information content (AvgIpc) is 2.67. The van der Waals surface area contributed by atoms with Crippen LogP contribution >= 0.6 is 11.3 Å². The molecule has 0 bridgehead atoms. The zero-order valence-electron chi connectivity index (χ0n) is 10.2. The Labute approximate surface area is 109 Å². The Morgan fingerprint density at radius 1 is 1.17 bits per heavy atom. The van der Waals surface area contributed by atoms with Crippen LogP contribution in [0.3, 0.4) is 0 Å². The number of thiazole rings is 1. The van der Waals surface area contributed by atoms with E-state index in [2.05, 4.69) is 0 Å². The Morgan fingerprint density at radius 3 is 2.33 bits per heavy atom. The highest BCUT2D eigenvalue weighted by Gasteiger charge is 2.00. The van der Waals surface area contributed by atoms with Gasteiger partial charge in [-0.1, -0.05) is 23.5 Å². The van der Waals surface area contributed by atoms with Gasteiger partial charge in [-0.05, 0) is 18.6 Å². The van der Waals surface area contributed by atoms with E-state index in [0.29, 0.717) is 19.3 Å². The van der Waals surface area contributed by atoms with Gasteiger partial charge in [0.05, 0.1) is 10.2 Å². The zero-order chi connectivity index (χ0) is 13.4. The van der Waals surface area contributed by atoms with E-state index in [0.717, 1.165) is 22.8 Å². The lowest BCUT2D eigenvalue weighted by Gasteiger charge is -1.89. The van der Waals surface area contributed by atoms with Crippen molar-refractivity contribution in [1.82, 2.24) is 4.57 Å². The van der Waals surface area contributed by atoms with Crippen LogP contribution in [0.4, 0.5) is 0 Å². The fraction of sp³-hybridized carbons (Fsp3) is 0.308. The molecule has 5 heteroatoms. The van der Waals surface area contributed by atoms with Gasteiger partial charge in [0.1, 0.15) is 12.6 Å². The van der Waals surface area contributed by atoms with Gasteiger partial charge in [-0.15, -0.1) is 0 Å². The van der Waals surface area contributed by atoms with Crippen molar-refractivity contribution in [3.8, 4) is 0 Å². The third-order valence-electron chi connectivity index (χ3n) is 2.34. The quantitative estimate of drug-likeness (QED) is 0.628. The van der Waals surface area contributed by atoms with Gasteiger partial charge in [0, 0.05) is 19.9 Å². The third-order valence-corrected chi connectivity index (χ3v) is 3.36. The van der Waals surface area contributed by atoms with E-state index in [1.165, 1.54) is 11.3 Å². The first-order chi connectivity index (χ1) is 8.70. The molecule has 18 heavy (non-hydrogen) atoms.